The van der Waals surface area contributed by atoms with E-state index in [-0.39, 0.29) is 0 Å². The maximum Gasteiger partial charge on any atom is 0.337 e. The Kier molecular flexibility index (Phi) is 3.00. The van der Waals surface area contributed by atoms with Gasteiger partial charge in [-0.05, 0) is 11.1 Å². The molecule has 0 bridgehead atoms. The summed E-state index contributed by atoms with van der Waals surface area (Å²) in [6.07, 6.45) is -0.995. The second kappa shape index (κ2) is 4.02. The van der Waals surface area contributed by atoms with Crippen LogP contribution in [-0.2, 0) is 9.53 Å². The molecule has 13 heavy (non-hydrogen) atoms. The van der Waals surface area contributed by atoms with Crippen LogP contribution in [0.3, 0.4) is 0 Å². The van der Waals surface area contributed by atoms with Crippen LogP contribution in [0, 0.1) is 0 Å². The zero-order valence-electron chi connectivity index (χ0n) is 7.36. The van der Waals surface area contributed by atoms with Crippen LogP contribution in [0.15, 0.2) is 24.3 Å². The van der Waals surface area contributed by atoms with E-state index in [1.807, 2.05) is 0 Å². The fourth-order valence-corrected chi connectivity index (χ4v) is 0.799. The monoisotopic (exact) mass is 180 g/mol. The van der Waals surface area contributed by atoms with E-state index in [4.69, 9.17) is 11.5 Å². The van der Waals surface area contributed by atoms with E-state index in [1.54, 1.807) is 0 Å². The van der Waals surface area contributed by atoms with Gasteiger partial charge >= 0.3 is 5.97 Å². The van der Waals surface area contributed by atoms with Gasteiger partial charge in [0, 0.05) is 0 Å². The fourth-order valence-electron chi connectivity index (χ4n) is 0.799. The number of ether oxygens (including phenoxy) is 1. The number of fused-ring (bicyclic) bond motifs is 1. The summed E-state index contributed by atoms with van der Waals surface area (Å²) >= 11 is 0. The quantitative estimate of drug-likeness (QED) is 0.481. The van der Waals surface area contributed by atoms with Gasteiger partial charge in [-0.3, -0.25) is 0 Å². The van der Waals surface area contributed by atoms with Crippen molar-refractivity contribution in [3.8, 4) is 11.1 Å². The zero-order valence-corrected chi connectivity index (χ0v) is 7.36. The minimum atomic E-state index is -0.995. The number of benzene rings is 1. The molecule has 0 saturated carbocycles. The predicted molar refractivity (Wildman–Crippen MR) is 49.6 cm³/mol. The lowest BCUT2D eigenvalue weighted by Gasteiger charge is -2.10. The molecule has 0 aromatic carbocycles. The van der Waals surface area contributed by atoms with Gasteiger partial charge in [0.15, 0.2) is 6.17 Å². The number of hydrogen-bond acceptors (Lipinski definition) is 4. The number of nitrogens with two attached hydrogens (primary N) is 2. The van der Waals surface area contributed by atoms with Crippen molar-refractivity contribution in [3.63, 3.8) is 0 Å². The van der Waals surface area contributed by atoms with Gasteiger partial charge in [-0.2, -0.15) is 0 Å². The van der Waals surface area contributed by atoms with E-state index < -0.39 is 12.1 Å². The second-order valence-electron chi connectivity index (χ2n) is 2.63. The molecule has 0 heterocycles. The van der Waals surface area contributed by atoms with Gasteiger partial charge in [0.05, 0.1) is 7.11 Å². The van der Waals surface area contributed by atoms with E-state index >= 15 is 0 Å². The molecule has 0 radical (unpaired) electrons. The zero-order chi connectivity index (χ0) is 9.84. The van der Waals surface area contributed by atoms with Crippen molar-refractivity contribution in [2.75, 3.05) is 7.11 Å². The van der Waals surface area contributed by atoms with Crippen molar-refractivity contribution in [2.45, 2.75) is 6.17 Å². The first kappa shape index (κ1) is 9.70. The van der Waals surface area contributed by atoms with Crippen molar-refractivity contribution in [1.82, 2.24) is 0 Å². The largest absolute Gasteiger partial charge is 0.467 e. The van der Waals surface area contributed by atoms with Gasteiger partial charge in [0.2, 0.25) is 0 Å². The first-order valence-electron chi connectivity index (χ1n) is 3.84. The standard InChI is InChI=1S/C6H4.C3H8N2O2/c1-2-6-4-3-5(1)6;1-7-3(6)2(4)5/h1-4H;2H,4-5H2,1H3. The van der Waals surface area contributed by atoms with E-state index in [2.05, 4.69) is 29.0 Å². The Morgan fingerprint density at radius 3 is 1.62 bits per heavy atom. The Hall–Kier alpha value is -1.39. The molecular formula is C9H12N2O2. The number of rotatable bonds is 1. The first-order valence-corrected chi connectivity index (χ1v) is 3.84. The molecule has 0 aromatic rings. The number of carbonyl (C=O) groups is 1. The Bertz CT molecular complexity index is 272. The van der Waals surface area contributed by atoms with Crippen molar-refractivity contribution in [3.05, 3.63) is 24.3 Å². The summed E-state index contributed by atoms with van der Waals surface area (Å²) in [5.41, 5.74) is 12.6. The van der Waals surface area contributed by atoms with Crippen molar-refractivity contribution in [2.24, 2.45) is 11.5 Å². The lowest BCUT2D eigenvalue weighted by molar-refractivity contribution is -0.142. The number of carbonyl (C=O) groups excluding carboxylic acids is 1. The van der Waals surface area contributed by atoms with E-state index in [9.17, 15) is 4.79 Å². The minimum Gasteiger partial charge on any atom is -0.467 e. The van der Waals surface area contributed by atoms with Crippen LogP contribution in [0.4, 0.5) is 0 Å². The minimum absolute atomic E-state index is 0.597. The van der Waals surface area contributed by atoms with Crippen LogP contribution in [0.5, 0.6) is 0 Å². The highest BCUT2D eigenvalue weighted by Crippen LogP contribution is 2.29. The molecule has 0 aliphatic heterocycles. The van der Waals surface area contributed by atoms with Gasteiger partial charge in [-0.1, -0.05) is 24.3 Å². The average molecular weight is 180 g/mol. The van der Waals surface area contributed by atoms with Gasteiger partial charge in [-0.25, -0.2) is 4.79 Å². The first-order chi connectivity index (χ1) is 6.15. The maximum atomic E-state index is 10.0. The molecule has 4 N–H and O–H groups in total. The lowest BCUT2D eigenvalue weighted by Crippen LogP contribution is -2.39. The summed E-state index contributed by atoms with van der Waals surface area (Å²) in [5.74, 6) is -0.597. The molecule has 0 amide bonds. The molecule has 0 unspecified atom stereocenters. The lowest BCUT2D eigenvalue weighted by atomic mass is 9.95. The third-order valence-electron chi connectivity index (χ3n) is 1.69. The summed E-state index contributed by atoms with van der Waals surface area (Å²) < 4.78 is 4.12. The Balaban J connectivity index is 0.000000130. The summed E-state index contributed by atoms with van der Waals surface area (Å²) in [6, 6.07) is 8.48. The van der Waals surface area contributed by atoms with Crippen LogP contribution >= 0.6 is 0 Å². The molecule has 0 fully saturated rings. The van der Waals surface area contributed by atoms with E-state index in [0.717, 1.165) is 0 Å². The second-order valence-corrected chi connectivity index (χ2v) is 2.63. The molecule has 0 atom stereocenters. The summed E-state index contributed by atoms with van der Waals surface area (Å²) in [7, 11) is 1.23. The Morgan fingerprint density at radius 1 is 1.23 bits per heavy atom. The van der Waals surface area contributed by atoms with Crippen LogP contribution in [-0.4, -0.2) is 19.2 Å². The molecule has 0 aromatic heterocycles. The highest BCUT2D eigenvalue weighted by atomic mass is 16.5. The van der Waals surface area contributed by atoms with Crippen LogP contribution < -0.4 is 11.5 Å². The molecule has 2 aliphatic carbocycles. The summed E-state index contributed by atoms with van der Waals surface area (Å²) in [5, 5.41) is 0. The van der Waals surface area contributed by atoms with Gasteiger partial charge in [0.25, 0.3) is 0 Å². The molecule has 0 spiro atoms. The van der Waals surface area contributed by atoms with Crippen LogP contribution in [0.25, 0.3) is 11.1 Å². The van der Waals surface area contributed by atoms with Gasteiger partial charge in [0.1, 0.15) is 0 Å². The van der Waals surface area contributed by atoms with Gasteiger partial charge in [-0.15, -0.1) is 0 Å². The van der Waals surface area contributed by atoms with Crippen LogP contribution in [0.1, 0.15) is 0 Å². The van der Waals surface area contributed by atoms with Crippen molar-refractivity contribution < 1.29 is 9.53 Å². The normalized spacial score (nSPS) is 10.2. The molecule has 70 valence electrons. The average Bonchev–Trinajstić information content (AvgIpc) is 2.10. The molecule has 0 saturated heterocycles. The number of esters is 1. The fraction of sp³-hybridized carbons (Fsp3) is 0.222. The van der Waals surface area contributed by atoms with Crippen molar-refractivity contribution in [1.29, 1.82) is 0 Å². The number of hydrogen-bond donors (Lipinski definition) is 2. The SMILES string of the molecule is COC(=O)C(N)N.c1cc2ccc1-2. The van der Waals surface area contributed by atoms with Crippen LogP contribution in [0.2, 0.25) is 0 Å². The van der Waals surface area contributed by atoms with E-state index in [0.29, 0.717) is 0 Å². The Labute approximate surface area is 76.5 Å². The molecule has 4 heteroatoms. The van der Waals surface area contributed by atoms with Gasteiger partial charge < -0.3 is 16.2 Å². The van der Waals surface area contributed by atoms with E-state index in [1.165, 1.54) is 18.2 Å². The molecule has 2 aliphatic rings. The summed E-state index contributed by atoms with van der Waals surface area (Å²) in [4.78, 5) is 10.0. The molecule has 4 nitrogen and oxygen atoms in total. The highest BCUT2D eigenvalue weighted by molar-refractivity contribution is 5.75. The number of methoxy groups -OCH3 is 1. The molecule has 2 rings (SSSR count). The van der Waals surface area contributed by atoms with Crippen molar-refractivity contribution >= 4 is 5.97 Å². The summed E-state index contributed by atoms with van der Waals surface area (Å²) in [6.45, 7) is 0. The molecular weight excluding hydrogens is 168 g/mol. The predicted octanol–water partition coefficient (Wildman–Crippen LogP) is 0.0699. The maximum absolute atomic E-state index is 10.0. The topological polar surface area (TPSA) is 78.3 Å². The highest BCUT2D eigenvalue weighted by Gasteiger charge is 2.04. The third-order valence-corrected chi connectivity index (χ3v) is 1.69. The smallest absolute Gasteiger partial charge is 0.337 e. The Morgan fingerprint density at radius 2 is 1.62 bits per heavy atom. The third kappa shape index (κ3) is 2.27.